The number of likely N-dealkylation sites (tertiary alicyclic amines) is 1. The first-order valence-corrected chi connectivity index (χ1v) is 8.38. The van der Waals surface area contributed by atoms with Crippen LogP contribution in [0.1, 0.15) is 38.5 Å². The van der Waals surface area contributed by atoms with Gasteiger partial charge in [0.2, 0.25) is 11.8 Å². The summed E-state index contributed by atoms with van der Waals surface area (Å²) in [7, 11) is 0. The van der Waals surface area contributed by atoms with E-state index >= 15 is 0 Å². The van der Waals surface area contributed by atoms with E-state index in [9.17, 15) is 18.0 Å². The molecule has 2 unspecified atom stereocenters. The van der Waals surface area contributed by atoms with Crippen LogP contribution < -0.4 is 4.74 Å². The Morgan fingerprint density at radius 2 is 2.17 bits per heavy atom. The van der Waals surface area contributed by atoms with E-state index in [1.54, 1.807) is 4.90 Å². The lowest BCUT2D eigenvalue weighted by atomic mass is 9.85. The first kappa shape index (κ1) is 17.0. The summed E-state index contributed by atoms with van der Waals surface area (Å²) >= 11 is 0. The van der Waals surface area contributed by atoms with Crippen molar-refractivity contribution in [1.82, 2.24) is 9.88 Å². The normalized spacial score (nSPS) is 26.9. The molecule has 1 saturated heterocycles. The van der Waals surface area contributed by atoms with Gasteiger partial charge in [0.05, 0.1) is 6.54 Å². The van der Waals surface area contributed by atoms with Crippen LogP contribution in [-0.2, 0) is 4.79 Å². The molecule has 2 fully saturated rings. The van der Waals surface area contributed by atoms with Crippen LogP contribution in [0.2, 0.25) is 0 Å². The zero-order valence-electron chi connectivity index (χ0n) is 13.4. The highest BCUT2D eigenvalue weighted by atomic mass is 19.3. The summed E-state index contributed by atoms with van der Waals surface area (Å²) in [6, 6.07) is 2.74. The standard InChI is InChI=1S/C17H21F3N2O2/c18-14-6-2-8-21-15(14)24-13-5-3-9-22(11-13)16(23)12-4-1-7-17(19,20)10-12/h2,6,8,12-13H,1,3-5,7,9-11H2. The fourth-order valence-electron chi connectivity index (χ4n) is 3.49. The van der Waals surface area contributed by atoms with Crippen molar-refractivity contribution in [2.24, 2.45) is 5.92 Å². The number of pyridine rings is 1. The van der Waals surface area contributed by atoms with Gasteiger partial charge in [0.25, 0.3) is 5.88 Å². The third-order valence-corrected chi connectivity index (χ3v) is 4.68. The summed E-state index contributed by atoms with van der Waals surface area (Å²) in [5.74, 6) is -4.24. The summed E-state index contributed by atoms with van der Waals surface area (Å²) in [6.45, 7) is 0.822. The fraction of sp³-hybridized carbons (Fsp3) is 0.647. The Bertz CT molecular complexity index is 597. The number of halogens is 3. The Hall–Kier alpha value is -1.79. The maximum atomic E-state index is 13.6. The van der Waals surface area contributed by atoms with Gasteiger partial charge in [-0.1, -0.05) is 0 Å². The topological polar surface area (TPSA) is 42.4 Å². The Morgan fingerprint density at radius 3 is 2.92 bits per heavy atom. The van der Waals surface area contributed by atoms with Crippen LogP contribution in [0.3, 0.4) is 0 Å². The highest BCUT2D eigenvalue weighted by Gasteiger charge is 2.41. The van der Waals surface area contributed by atoms with Gasteiger partial charge in [0.15, 0.2) is 5.82 Å². The number of rotatable bonds is 3. The number of piperidine rings is 1. The van der Waals surface area contributed by atoms with Crippen LogP contribution in [0.15, 0.2) is 18.3 Å². The summed E-state index contributed by atoms with van der Waals surface area (Å²) in [5, 5.41) is 0. The number of aromatic nitrogens is 1. The predicted molar refractivity (Wildman–Crippen MR) is 81.3 cm³/mol. The number of amides is 1. The molecule has 3 rings (SSSR count). The van der Waals surface area contributed by atoms with Gasteiger partial charge in [-0.15, -0.1) is 0 Å². The first-order valence-electron chi connectivity index (χ1n) is 8.38. The lowest BCUT2D eigenvalue weighted by molar-refractivity contribution is -0.145. The van der Waals surface area contributed by atoms with Crippen LogP contribution in [0.5, 0.6) is 5.88 Å². The predicted octanol–water partition coefficient (Wildman–Crippen LogP) is 3.42. The third-order valence-electron chi connectivity index (χ3n) is 4.68. The summed E-state index contributed by atoms with van der Waals surface area (Å²) < 4.78 is 46.3. The quantitative estimate of drug-likeness (QED) is 0.845. The molecule has 2 aliphatic rings. The van der Waals surface area contributed by atoms with E-state index in [0.29, 0.717) is 32.2 Å². The molecule has 2 atom stereocenters. The molecule has 7 heteroatoms. The van der Waals surface area contributed by atoms with E-state index in [4.69, 9.17) is 4.74 Å². The Morgan fingerprint density at radius 1 is 1.33 bits per heavy atom. The van der Waals surface area contributed by atoms with Gasteiger partial charge in [-0.05, 0) is 37.8 Å². The van der Waals surface area contributed by atoms with Crippen molar-refractivity contribution in [3.05, 3.63) is 24.1 Å². The van der Waals surface area contributed by atoms with E-state index in [1.165, 1.54) is 18.3 Å². The molecule has 1 aromatic rings. The molecule has 1 aliphatic heterocycles. The number of hydrogen-bond donors (Lipinski definition) is 0. The maximum absolute atomic E-state index is 13.6. The molecule has 0 aromatic carbocycles. The second kappa shape index (κ2) is 6.99. The second-order valence-electron chi connectivity index (χ2n) is 6.61. The molecule has 0 N–H and O–H groups in total. The van der Waals surface area contributed by atoms with Crippen LogP contribution in [0, 0.1) is 11.7 Å². The molecule has 0 bridgehead atoms. The van der Waals surface area contributed by atoms with Gasteiger partial charge in [0, 0.05) is 31.5 Å². The zero-order valence-corrected chi connectivity index (χ0v) is 13.4. The summed E-state index contributed by atoms with van der Waals surface area (Å²) in [6.07, 6.45) is 2.82. The minimum Gasteiger partial charge on any atom is -0.470 e. The molecule has 0 spiro atoms. The maximum Gasteiger partial charge on any atom is 0.250 e. The first-order chi connectivity index (χ1) is 11.4. The second-order valence-corrected chi connectivity index (χ2v) is 6.61. The molecule has 1 saturated carbocycles. The molecule has 1 aliphatic carbocycles. The van der Waals surface area contributed by atoms with Crippen molar-refractivity contribution in [1.29, 1.82) is 0 Å². The van der Waals surface area contributed by atoms with Crippen molar-refractivity contribution in [3.8, 4) is 5.88 Å². The van der Waals surface area contributed by atoms with Crippen molar-refractivity contribution in [2.45, 2.75) is 50.6 Å². The SMILES string of the molecule is O=C(C1CCCC(F)(F)C1)N1CCCC(Oc2ncccc2F)C1. The molecule has 1 aromatic heterocycles. The van der Waals surface area contributed by atoms with Crippen LogP contribution in [0.4, 0.5) is 13.2 Å². The number of nitrogens with zero attached hydrogens (tertiary/aromatic N) is 2. The van der Waals surface area contributed by atoms with Gasteiger partial charge in [-0.3, -0.25) is 4.79 Å². The molecular formula is C17H21F3N2O2. The highest BCUT2D eigenvalue weighted by Crippen LogP contribution is 2.37. The third kappa shape index (κ3) is 3.99. The molecule has 0 radical (unpaired) electrons. The number of carbonyl (C=O) groups excluding carboxylic acids is 1. The Balaban J connectivity index is 1.61. The number of hydrogen-bond acceptors (Lipinski definition) is 3. The molecule has 1 amide bonds. The number of carbonyl (C=O) groups is 1. The lowest BCUT2D eigenvalue weighted by Gasteiger charge is -2.37. The highest BCUT2D eigenvalue weighted by molar-refractivity contribution is 5.79. The van der Waals surface area contributed by atoms with Crippen molar-refractivity contribution < 1.29 is 22.7 Å². The van der Waals surface area contributed by atoms with Crippen LogP contribution in [0.25, 0.3) is 0 Å². The van der Waals surface area contributed by atoms with Crippen LogP contribution >= 0.6 is 0 Å². The smallest absolute Gasteiger partial charge is 0.250 e. The zero-order chi connectivity index (χ0) is 17.2. The van der Waals surface area contributed by atoms with E-state index in [0.717, 1.165) is 0 Å². The average molecular weight is 342 g/mol. The molecule has 4 nitrogen and oxygen atoms in total. The summed E-state index contributed by atoms with van der Waals surface area (Å²) in [5.41, 5.74) is 0. The monoisotopic (exact) mass is 342 g/mol. The van der Waals surface area contributed by atoms with E-state index in [-0.39, 0.29) is 37.3 Å². The van der Waals surface area contributed by atoms with E-state index in [1.807, 2.05) is 0 Å². The van der Waals surface area contributed by atoms with Gasteiger partial charge in [-0.2, -0.15) is 0 Å². The van der Waals surface area contributed by atoms with Gasteiger partial charge >= 0.3 is 0 Å². The van der Waals surface area contributed by atoms with Crippen molar-refractivity contribution in [2.75, 3.05) is 13.1 Å². The van der Waals surface area contributed by atoms with Crippen molar-refractivity contribution in [3.63, 3.8) is 0 Å². The molecule has 2 heterocycles. The lowest BCUT2D eigenvalue weighted by Crippen LogP contribution is -2.48. The van der Waals surface area contributed by atoms with Crippen molar-refractivity contribution >= 4 is 5.91 Å². The van der Waals surface area contributed by atoms with Crippen LogP contribution in [-0.4, -0.2) is 40.9 Å². The van der Waals surface area contributed by atoms with Gasteiger partial charge in [-0.25, -0.2) is 18.2 Å². The van der Waals surface area contributed by atoms with E-state index in [2.05, 4.69) is 4.98 Å². The average Bonchev–Trinajstić information content (AvgIpc) is 2.56. The molecule has 24 heavy (non-hydrogen) atoms. The largest absolute Gasteiger partial charge is 0.470 e. The Kier molecular flexibility index (Phi) is 4.96. The fourth-order valence-corrected chi connectivity index (χ4v) is 3.49. The molecular weight excluding hydrogens is 321 g/mol. The van der Waals surface area contributed by atoms with Gasteiger partial charge in [0.1, 0.15) is 6.10 Å². The Labute approximate surface area is 139 Å². The van der Waals surface area contributed by atoms with Gasteiger partial charge < -0.3 is 9.64 Å². The molecule has 132 valence electrons. The number of ether oxygens (including phenoxy) is 1. The summed E-state index contributed by atoms with van der Waals surface area (Å²) in [4.78, 5) is 18.0. The number of alkyl halides is 2. The minimum atomic E-state index is -2.75. The van der Waals surface area contributed by atoms with E-state index < -0.39 is 17.7 Å². The minimum absolute atomic E-state index is 0.0824.